The standard InChI is InChI=1S/C29H37N3O4/c1-24-11-7-8-15-27(24)29(34)32(17-10-19-35-2)23-28(33)31(18-20-36-3)22-26-14-9-16-30(26)21-25-12-5-4-6-13-25/h4-9,11-16H,10,17-23H2,1-3H3. The van der Waals surface area contributed by atoms with Gasteiger partial charge in [-0.2, -0.15) is 0 Å². The number of hydrogen-bond acceptors (Lipinski definition) is 4. The summed E-state index contributed by atoms with van der Waals surface area (Å²) >= 11 is 0. The summed E-state index contributed by atoms with van der Waals surface area (Å²) in [7, 11) is 3.26. The Hall–Kier alpha value is -3.42. The highest BCUT2D eigenvalue weighted by Crippen LogP contribution is 2.14. The van der Waals surface area contributed by atoms with E-state index in [1.807, 2.05) is 67.7 Å². The van der Waals surface area contributed by atoms with E-state index in [0.29, 0.717) is 44.8 Å². The first-order valence-electron chi connectivity index (χ1n) is 12.3. The van der Waals surface area contributed by atoms with Crippen LogP contribution in [0.25, 0.3) is 0 Å². The zero-order chi connectivity index (χ0) is 25.8. The number of ether oxygens (including phenoxy) is 2. The maximum Gasteiger partial charge on any atom is 0.254 e. The third-order valence-electron chi connectivity index (χ3n) is 6.16. The van der Waals surface area contributed by atoms with Gasteiger partial charge < -0.3 is 23.8 Å². The third-order valence-corrected chi connectivity index (χ3v) is 6.16. The first-order chi connectivity index (χ1) is 17.5. The van der Waals surface area contributed by atoms with E-state index in [0.717, 1.165) is 17.8 Å². The predicted octanol–water partition coefficient (Wildman–Crippen LogP) is 4.00. The number of carbonyl (C=O) groups is 2. The lowest BCUT2D eigenvalue weighted by atomic mass is 10.1. The fourth-order valence-electron chi connectivity index (χ4n) is 4.11. The molecule has 7 heteroatoms. The van der Waals surface area contributed by atoms with Crippen molar-refractivity contribution >= 4 is 11.8 Å². The molecule has 0 spiro atoms. The largest absolute Gasteiger partial charge is 0.385 e. The van der Waals surface area contributed by atoms with E-state index in [-0.39, 0.29) is 18.4 Å². The predicted molar refractivity (Wildman–Crippen MR) is 141 cm³/mol. The highest BCUT2D eigenvalue weighted by Gasteiger charge is 2.24. The van der Waals surface area contributed by atoms with Crippen molar-refractivity contribution in [1.82, 2.24) is 14.4 Å². The minimum absolute atomic E-state index is 0.00000989. The molecule has 0 aliphatic rings. The van der Waals surface area contributed by atoms with E-state index in [2.05, 4.69) is 16.7 Å². The van der Waals surface area contributed by atoms with Crippen molar-refractivity contribution in [3.63, 3.8) is 0 Å². The topological polar surface area (TPSA) is 64.0 Å². The molecule has 1 aromatic heterocycles. The van der Waals surface area contributed by atoms with Gasteiger partial charge in [-0.1, -0.05) is 48.5 Å². The number of aryl methyl sites for hydroxylation is 1. The van der Waals surface area contributed by atoms with Crippen molar-refractivity contribution < 1.29 is 19.1 Å². The summed E-state index contributed by atoms with van der Waals surface area (Å²) in [6.45, 7) is 4.89. The molecule has 1 heterocycles. The van der Waals surface area contributed by atoms with Gasteiger partial charge in [0.15, 0.2) is 0 Å². The fourth-order valence-corrected chi connectivity index (χ4v) is 4.11. The van der Waals surface area contributed by atoms with Gasteiger partial charge in [0.2, 0.25) is 5.91 Å². The van der Waals surface area contributed by atoms with Crippen LogP contribution in [0.3, 0.4) is 0 Å². The van der Waals surface area contributed by atoms with Crippen LogP contribution < -0.4 is 0 Å². The summed E-state index contributed by atoms with van der Waals surface area (Å²) in [4.78, 5) is 30.3. The van der Waals surface area contributed by atoms with Crippen LogP contribution in [0.4, 0.5) is 0 Å². The van der Waals surface area contributed by atoms with Crippen LogP contribution in [0.5, 0.6) is 0 Å². The van der Waals surface area contributed by atoms with E-state index in [9.17, 15) is 9.59 Å². The number of amides is 2. The smallest absolute Gasteiger partial charge is 0.254 e. The Morgan fingerprint density at radius 1 is 0.833 bits per heavy atom. The molecule has 36 heavy (non-hydrogen) atoms. The van der Waals surface area contributed by atoms with Gasteiger partial charge in [-0.15, -0.1) is 0 Å². The highest BCUT2D eigenvalue weighted by atomic mass is 16.5. The van der Waals surface area contributed by atoms with Gasteiger partial charge in [-0.25, -0.2) is 0 Å². The van der Waals surface area contributed by atoms with Gasteiger partial charge in [-0.3, -0.25) is 9.59 Å². The molecule has 0 saturated carbocycles. The number of benzene rings is 2. The molecule has 0 atom stereocenters. The summed E-state index contributed by atoms with van der Waals surface area (Å²) < 4.78 is 12.6. The van der Waals surface area contributed by atoms with E-state index < -0.39 is 0 Å². The molecule has 192 valence electrons. The summed E-state index contributed by atoms with van der Waals surface area (Å²) in [5.41, 5.74) is 3.72. The van der Waals surface area contributed by atoms with Crippen molar-refractivity contribution in [3.8, 4) is 0 Å². The molecule has 7 nitrogen and oxygen atoms in total. The van der Waals surface area contributed by atoms with Crippen molar-refractivity contribution in [1.29, 1.82) is 0 Å². The van der Waals surface area contributed by atoms with Gasteiger partial charge in [-0.05, 0) is 42.7 Å². The molecule has 0 aliphatic heterocycles. The van der Waals surface area contributed by atoms with Crippen molar-refractivity contribution in [2.75, 3.05) is 47.1 Å². The van der Waals surface area contributed by atoms with Crippen LogP contribution in [0.15, 0.2) is 72.9 Å². The molecule has 0 saturated heterocycles. The Kier molecular flexibility index (Phi) is 10.7. The lowest BCUT2D eigenvalue weighted by Gasteiger charge is -2.28. The second-order valence-corrected chi connectivity index (χ2v) is 8.81. The van der Waals surface area contributed by atoms with Crippen LogP contribution in [0, 0.1) is 6.92 Å². The molecular formula is C29H37N3O4. The molecule has 0 unspecified atom stereocenters. The maximum atomic E-state index is 13.5. The highest BCUT2D eigenvalue weighted by molar-refractivity contribution is 5.97. The SMILES string of the molecule is COCCCN(CC(=O)N(CCOC)Cc1cccn1Cc1ccccc1)C(=O)c1ccccc1C. The fraction of sp³-hybridized carbons (Fsp3) is 0.379. The Morgan fingerprint density at radius 3 is 2.28 bits per heavy atom. The second-order valence-electron chi connectivity index (χ2n) is 8.81. The minimum Gasteiger partial charge on any atom is -0.385 e. The molecule has 0 aliphatic carbocycles. The monoisotopic (exact) mass is 491 g/mol. The second kappa shape index (κ2) is 14.2. The molecule has 0 bridgehead atoms. The van der Waals surface area contributed by atoms with Crippen molar-refractivity contribution in [3.05, 3.63) is 95.3 Å². The summed E-state index contributed by atoms with van der Waals surface area (Å²) in [5, 5.41) is 0. The maximum absolute atomic E-state index is 13.5. The average molecular weight is 492 g/mol. The minimum atomic E-state index is -0.142. The van der Waals surface area contributed by atoms with Gasteiger partial charge in [0.1, 0.15) is 6.54 Å². The lowest BCUT2D eigenvalue weighted by molar-refractivity contribution is -0.133. The number of carbonyl (C=O) groups excluding carboxylic acids is 2. The van der Waals surface area contributed by atoms with E-state index in [4.69, 9.17) is 9.47 Å². The normalized spacial score (nSPS) is 10.9. The zero-order valence-corrected chi connectivity index (χ0v) is 21.6. The molecule has 0 fully saturated rings. The van der Waals surface area contributed by atoms with Crippen LogP contribution in [-0.2, 0) is 27.4 Å². The zero-order valence-electron chi connectivity index (χ0n) is 21.6. The quantitative estimate of drug-likeness (QED) is 0.320. The molecule has 3 aromatic rings. The van der Waals surface area contributed by atoms with Crippen molar-refractivity contribution in [2.24, 2.45) is 0 Å². The van der Waals surface area contributed by atoms with E-state index in [1.165, 1.54) is 5.56 Å². The van der Waals surface area contributed by atoms with E-state index >= 15 is 0 Å². The summed E-state index contributed by atoms with van der Waals surface area (Å²) in [5.74, 6) is -0.254. The molecule has 3 rings (SSSR count). The molecule has 0 N–H and O–H groups in total. The Morgan fingerprint density at radius 2 is 1.56 bits per heavy atom. The molecule has 2 aromatic carbocycles. The van der Waals surface area contributed by atoms with Gasteiger partial charge >= 0.3 is 0 Å². The number of nitrogens with zero attached hydrogens (tertiary/aromatic N) is 3. The Labute approximate surface area is 214 Å². The number of aromatic nitrogens is 1. The van der Waals surface area contributed by atoms with Gasteiger partial charge in [0.25, 0.3) is 5.91 Å². The third kappa shape index (κ3) is 7.80. The Bertz CT molecular complexity index is 1100. The molecule has 0 radical (unpaired) electrons. The van der Waals surface area contributed by atoms with Crippen LogP contribution in [-0.4, -0.2) is 73.2 Å². The number of hydrogen-bond donors (Lipinski definition) is 0. The van der Waals surface area contributed by atoms with Gasteiger partial charge in [0.05, 0.1) is 13.2 Å². The van der Waals surface area contributed by atoms with Gasteiger partial charge in [0, 0.05) is 57.9 Å². The summed E-state index contributed by atoms with van der Waals surface area (Å²) in [6.07, 6.45) is 2.68. The first-order valence-corrected chi connectivity index (χ1v) is 12.3. The van der Waals surface area contributed by atoms with Crippen molar-refractivity contribution in [2.45, 2.75) is 26.4 Å². The van der Waals surface area contributed by atoms with Crippen LogP contribution in [0.1, 0.15) is 33.6 Å². The number of methoxy groups -OCH3 is 2. The molecular weight excluding hydrogens is 454 g/mol. The average Bonchev–Trinajstić information content (AvgIpc) is 3.32. The first kappa shape index (κ1) is 27.2. The van der Waals surface area contributed by atoms with Crippen LogP contribution >= 0.6 is 0 Å². The lowest BCUT2D eigenvalue weighted by Crippen LogP contribution is -2.44. The number of rotatable bonds is 14. The Balaban J connectivity index is 1.76. The van der Waals surface area contributed by atoms with E-state index in [1.54, 1.807) is 24.0 Å². The summed E-state index contributed by atoms with van der Waals surface area (Å²) in [6, 6.07) is 21.7. The molecule has 2 amide bonds. The van der Waals surface area contributed by atoms with Crippen LogP contribution in [0.2, 0.25) is 0 Å².